The predicted octanol–water partition coefficient (Wildman–Crippen LogP) is 3.02. The summed E-state index contributed by atoms with van der Waals surface area (Å²) in [4.78, 5) is 9.02. The lowest BCUT2D eigenvalue weighted by atomic mass is 10.1. The van der Waals surface area contributed by atoms with E-state index in [1.54, 1.807) is 0 Å². The first kappa shape index (κ1) is 14.8. The van der Waals surface area contributed by atoms with Crippen LogP contribution in [0.2, 0.25) is 0 Å². The average Bonchev–Trinajstić information content (AvgIpc) is 2.25. The summed E-state index contributed by atoms with van der Waals surface area (Å²) in [5, 5.41) is 10.7. The summed E-state index contributed by atoms with van der Waals surface area (Å²) in [5.41, 5.74) is -1.68. The molecule has 0 atom stereocenters. The minimum atomic E-state index is -4.49. The molecule has 0 fully saturated rings. The van der Waals surface area contributed by atoms with Gasteiger partial charge in [-0.3, -0.25) is 10.1 Å². The van der Waals surface area contributed by atoms with Crippen molar-refractivity contribution in [1.29, 1.82) is 0 Å². The molecule has 0 aliphatic rings. The Morgan fingerprint density at radius 1 is 1.44 bits per heavy atom. The summed E-state index contributed by atoms with van der Waals surface area (Å²) in [6.45, 7) is 1.42. The van der Waals surface area contributed by atoms with Gasteiger partial charge in [-0.1, -0.05) is 6.92 Å². The van der Waals surface area contributed by atoms with Crippen LogP contribution >= 0.6 is 10.7 Å². The van der Waals surface area contributed by atoms with E-state index in [0.717, 1.165) is 6.07 Å². The molecule has 18 heavy (non-hydrogen) atoms. The lowest BCUT2D eigenvalue weighted by Gasteiger charge is -2.10. The number of hydrogen-bond donors (Lipinski definition) is 0. The predicted molar refractivity (Wildman–Crippen MR) is 60.5 cm³/mol. The van der Waals surface area contributed by atoms with E-state index in [4.69, 9.17) is 10.7 Å². The monoisotopic (exact) mass is 299 g/mol. The molecule has 100 valence electrons. The first-order valence-electron chi connectivity index (χ1n) is 4.73. The molecule has 0 spiro atoms. The van der Waals surface area contributed by atoms with E-state index in [-0.39, 0.29) is 12.0 Å². The Balaban J connectivity index is 3.79. The number of benzene rings is 1. The topological polar surface area (TPSA) is 77.3 Å². The molecular formula is C9H8ClF2NO4S. The SMILES string of the molecule is CCc1c([N+](=O)[O-])ccc(C(F)F)c1S(=O)(=O)Cl. The van der Waals surface area contributed by atoms with Crippen molar-refractivity contribution in [2.24, 2.45) is 0 Å². The fourth-order valence-electron chi connectivity index (χ4n) is 1.61. The van der Waals surface area contributed by atoms with E-state index >= 15 is 0 Å². The van der Waals surface area contributed by atoms with Gasteiger partial charge in [0.2, 0.25) is 0 Å². The number of nitro benzene ring substituents is 1. The van der Waals surface area contributed by atoms with E-state index < -0.39 is 36.5 Å². The highest BCUT2D eigenvalue weighted by atomic mass is 35.7. The first-order valence-corrected chi connectivity index (χ1v) is 7.04. The fraction of sp³-hybridized carbons (Fsp3) is 0.333. The van der Waals surface area contributed by atoms with E-state index in [1.165, 1.54) is 6.92 Å². The molecule has 0 radical (unpaired) electrons. The van der Waals surface area contributed by atoms with E-state index in [9.17, 15) is 27.3 Å². The van der Waals surface area contributed by atoms with Gasteiger partial charge in [-0.25, -0.2) is 17.2 Å². The molecule has 1 rings (SSSR count). The minimum absolute atomic E-state index is 0.0991. The molecule has 1 aromatic rings. The van der Waals surface area contributed by atoms with Crippen LogP contribution in [-0.2, 0) is 15.5 Å². The van der Waals surface area contributed by atoms with Crippen LogP contribution in [0.25, 0.3) is 0 Å². The highest BCUT2D eigenvalue weighted by Crippen LogP contribution is 2.36. The lowest BCUT2D eigenvalue weighted by Crippen LogP contribution is -2.07. The minimum Gasteiger partial charge on any atom is -0.258 e. The highest BCUT2D eigenvalue weighted by molar-refractivity contribution is 8.13. The summed E-state index contributed by atoms with van der Waals surface area (Å²) in [6.07, 6.45) is -3.18. The Morgan fingerprint density at radius 3 is 2.33 bits per heavy atom. The van der Waals surface area contributed by atoms with Crippen LogP contribution in [0, 0.1) is 10.1 Å². The van der Waals surface area contributed by atoms with Gasteiger partial charge in [0.1, 0.15) is 4.90 Å². The highest BCUT2D eigenvalue weighted by Gasteiger charge is 2.30. The van der Waals surface area contributed by atoms with Crippen LogP contribution < -0.4 is 0 Å². The van der Waals surface area contributed by atoms with Gasteiger partial charge in [0.15, 0.2) is 0 Å². The quantitative estimate of drug-likeness (QED) is 0.486. The Bertz CT molecular complexity index is 588. The van der Waals surface area contributed by atoms with E-state index in [1.807, 2.05) is 0 Å². The van der Waals surface area contributed by atoms with Gasteiger partial charge in [-0.05, 0) is 12.5 Å². The molecule has 0 N–H and O–H groups in total. The Morgan fingerprint density at radius 2 is 2.00 bits per heavy atom. The lowest BCUT2D eigenvalue weighted by molar-refractivity contribution is -0.385. The van der Waals surface area contributed by atoms with E-state index in [0.29, 0.717) is 6.07 Å². The van der Waals surface area contributed by atoms with Gasteiger partial charge in [0.05, 0.1) is 4.92 Å². The molecule has 9 heteroatoms. The third kappa shape index (κ3) is 2.75. The maximum absolute atomic E-state index is 12.7. The molecule has 0 saturated carbocycles. The van der Waals surface area contributed by atoms with Crippen molar-refractivity contribution >= 4 is 25.4 Å². The van der Waals surface area contributed by atoms with Crippen molar-refractivity contribution in [2.45, 2.75) is 24.7 Å². The zero-order chi connectivity index (χ0) is 14.1. The smallest absolute Gasteiger partial charge is 0.258 e. The Labute approximate surface area is 106 Å². The summed E-state index contributed by atoms with van der Waals surface area (Å²) < 4.78 is 48.1. The summed E-state index contributed by atoms with van der Waals surface area (Å²) in [7, 11) is 0.595. The molecule has 1 aromatic carbocycles. The number of rotatable bonds is 4. The molecular weight excluding hydrogens is 292 g/mol. The summed E-state index contributed by atoms with van der Waals surface area (Å²) in [6, 6.07) is 1.56. The molecule has 5 nitrogen and oxygen atoms in total. The van der Waals surface area contributed by atoms with Crippen LogP contribution in [0.1, 0.15) is 24.5 Å². The summed E-state index contributed by atoms with van der Waals surface area (Å²) >= 11 is 0. The Hall–Kier alpha value is -1.28. The second-order valence-corrected chi connectivity index (χ2v) is 5.83. The van der Waals surface area contributed by atoms with Crippen LogP contribution in [0.4, 0.5) is 14.5 Å². The maximum Gasteiger partial charge on any atom is 0.273 e. The van der Waals surface area contributed by atoms with Gasteiger partial charge in [-0.2, -0.15) is 0 Å². The van der Waals surface area contributed by atoms with Crippen molar-refractivity contribution in [3.63, 3.8) is 0 Å². The first-order chi connectivity index (χ1) is 8.20. The second kappa shape index (κ2) is 5.15. The number of halogens is 3. The fourth-order valence-corrected chi connectivity index (χ4v) is 3.14. The number of alkyl halides is 2. The summed E-state index contributed by atoms with van der Waals surface area (Å²) in [5.74, 6) is 0. The third-order valence-corrected chi connectivity index (χ3v) is 3.73. The average molecular weight is 300 g/mol. The molecule has 0 bridgehead atoms. The van der Waals surface area contributed by atoms with Gasteiger partial charge < -0.3 is 0 Å². The standard InChI is InChI=1S/C9H8ClF2NO4S/c1-2-5-7(13(14)15)4-3-6(9(11)12)8(5)18(10,16)17/h3-4,9H,2H2,1H3. The Kier molecular flexibility index (Phi) is 4.23. The van der Waals surface area contributed by atoms with Crippen molar-refractivity contribution in [3.8, 4) is 0 Å². The third-order valence-electron chi connectivity index (χ3n) is 2.30. The van der Waals surface area contributed by atoms with Gasteiger partial charge in [-0.15, -0.1) is 0 Å². The van der Waals surface area contributed by atoms with Gasteiger partial charge in [0.25, 0.3) is 21.2 Å². The second-order valence-electron chi connectivity index (χ2n) is 3.33. The molecule has 0 amide bonds. The number of nitrogens with zero attached hydrogens (tertiary/aromatic N) is 1. The number of nitro groups is 1. The number of hydrogen-bond acceptors (Lipinski definition) is 4. The van der Waals surface area contributed by atoms with Crippen molar-refractivity contribution in [1.82, 2.24) is 0 Å². The van der Waals surface area contributed by atoms with Crippen LogP contribution in [-0.4, -0.2) is 13.3 Å². The normalized spacial score (nSPS) is 11.8. The van der Waals surface area contributed by atoms with Gasteiger partial charge >= 0.3 is 0 Å². The van der Waals surface area contributed by atoms with Crippen LogP contribution in [0.3, 0.4) is 0 Å². The van der Waals surface area contributed by atoms with Crippen LogP contribution in [0.15, 0.2) is 17.0 Å². The zero-order valence-electron chi connectivity index (χ0n) is 9.06. The largest absolute Gasteiger partial charge is 0.273 e. The molecule has 0 aliphatic heterocycles. The van der Waals surface area contributed by atoms with Crippen LogP contribution in [0.5, 0.6) is 0 Å². The van der Waals surface area contributed by atoms with Gasteiger partial charge in [0, 0.05) is 27.9 Å². The molecule has 0 aliphatic carbocycles. The van der Waals surface area contributed by atoms with E-state index in [2.05, 4.69) is 0 Å². The molecule has 0 unspecified atom stereocenters. The van der Waals surface area contributed by atoms with Crippen molar-refractivity contribution in [2.75, 3.05) is 0 Å². The van der Waals surface area contributed by atoms with Crippen molar-refractivity contribution < 1.29 is 22.1 Å². The van der Waals surface area contributed by atoms with Crippen molar-refractivity contribution in [3.05, 3.63) is 33.4 Å². The zero-order valence-corrected chi connectivity index (χ0v) is 10.6. The molecule has 0 aromatic heterocycles. The maximum atomic E-state index is 12.7. The molecule has 0 heterocycles. The molecule has 0 saturated heterocycles.